The molecular weight excluding hydrogens is 313 g/mol. The van der Waals surface area contributed by atoms with E-state index in [1.165, 1.54) is 24.3 Å². The van der Waals surface area contributed by atoms with E-state index in [4.69, 9.17) is 4.74 Å². The predicted octanol–water partition coefficient (Wildman–Crippen LogP) is 2.39. The van der Waals surface area contributed by atoms with Crippen molar-refractivity contribution in [2.24, 2.45) is 0 Å². The minimum atomic E-state index is -0.737. The molecule has 1 aromatic heterocycles. The van der Waals surface area contributed by atoms with E-state index < -0.39 is 17.6 Å². The number of fused-ring (bicyclic) bond motifs is 1. The van der Waals surface area contributed by atoms with E-state index in [0.29, 0.717) is 5.75 Å². The van der Waals surface area contributed by atoms with E-state index in [9.17, 15) is 14.0 Å². The minimum absolute atomic E-state index is 0.154. The van der Waals surface area contributed by atoms with Gasteiger partial charge in [-0.05, 0) is 30.3 Å². The Morgan fingerprint density at radius 3 is 2.54 bits per heavy atom. The Bertz CT molecular complexity index is 920. The Kier molecular flexibility index (Phi) is 4.15. The number of hydrogen-bond acceptors (Lipinski definition) is 3. The van der Waals surface area contributed by atoms with Crippen LogP contribution in [0.1, 0.15) is 20.8 Å². The molecule has 0 atom stereocenters. The van der Waals surface area contributed by atoms with Crippen molar-refractivity contribution < 1.29 is 18.7 Å². The number of carbonyl (C=O) groups is 2. The van der Waals surface area contributed by atoms with Gasteiger partial charge >= 0.3 is 0 Å². The lowest BCUT2D eigenvalue weighted by Crippen LogP contribution is -2.42. The Morgan fingerprint density at radius 1 is 1.04 bits per heavy atom. The molecule has 2 amide bonds. The van der Waals surface area contributed by atoms with Gasteiger partial charge in [-0.3, -0.25) is 20.4 Å². The summed E-state index contributed by atoms with van der Waals surface area (Å²) in [6.07, 6.45) is 0. The van der Waals surface area contributed by atoms with E-state index in [2.05, 4.69) is 15.8 Å². The van der Waals surface area contributed by atoms with Crippen molar-refractivity contribution in [3.05, 3.63) is 65.6 Å². The Labute approximate surface area is 136 Å². The summed E-state index contributed by atoms with van der Waals surface area (Å²) in [5.41, 5.74) is 5.25. The van der Waals surface area contributed by atoms with E-state index in [1.807, 2.05) is 0 Å². The third-order valence-electron chi connectivity index (χ3n) is 3.48. The first-order chi connectivity index (χ1) is 11.6. The number of methoxy groups -OCH3 is 1. The van der Waals surface area contributed by atoms with Gasteiger partial charge in [0, 0.05) is 17.0 Å². The number of aromatic nitrogens is 1. The normalized spacial score (nSPS) is 10.4. The molecule has 0 radical (unpaired) electrons. The number of benzene rings is 2. The first kappa shape index (κ1) is 15.5. The zero-order valence-corrected chi connectivity index (χ0v) is 12.7. The highest BCUT2D eigenvalue weighted by atomic mass is 19.1. The van der Waals surface area contributed by atoms with Crippen molar-refractivity contribution in [3.8, 4) is 5.75 Å². The largest absolute Gasteiger partial charge is 0.497 e. The summed E-state index contributed by atoms with van der Waals surface area (Å²) in [4.78, 5) is 26.9. The van der Waals surface area contributed by atoms with Crippen molar-refractivity contribution in [1.29, 1.82) is 0 Å². The maximum absolute atomic E-state index is 13.5. The molecule has 6 nitrogen and oxygen atoms in total. The van der Waals surface area contributed by atoms with Crippen LogP contribution in [0.15, 0.2) is 48.5 Å². The summed E-state index contributed by atoms with van der Waals surface area (Å²) in [6, 6.07) is 12.5. The molecule has 2 aromatic carbocycles. The van der Waals surface area contributed by atoms with E-state index in [0.717, 1.165) is 10.9 Å². The first-order valence-corrected chi connectivity index (χ1v) is 7.10. The summed E-state index contributed by atoms with van der Waals surface area (Å²) in [5.74, 6) is -1.29. The number of hydrazine groups is 1. The van der Waals surface area contributed by atoms with Crippen molar-refractivity contribution in [1.82, 2.24) is 15.8 Å². The number of nitrogens with one attached hydrogen (secondary N) is 3. The molecule has 0 aliphatic heterocycles. The van der Waals surface area contributed by atoms with Crippen LogP contribution in [0, 0.1) is 5.82 Å². The molecule has 0 fully saturated rings. The van der Waals surface area contributed by atoms with Crippen LogP contribution in [0.5, 0.6) is 5.75 Å². The van der Waals surface area contributed by atoms with Gasteiger partial charge in [-0.15, -0.1) is 0 Å². The third kappa shape index (κ3) is 3.05. The summed E-state index contributed by atoms with van der Waals surface area (Å²) in [7, 11) is 1.55. The van der Waals surface area contributed by atoms with Crippen LogP contribution in [0.4, 0.5) is 4.39 Å². The monoisotopic (exact) mass is 327 g/mol. The number of aromatic amines is 1. The fraction of sp³-hybridized carbons (Fsp3) is 0.0588. The molecule has 3 aromatic rings. The van der Waals surface area contributed by atoms with Gasteiger partial charge in [0.1, 0.15) is 17.3 Å². The molecule has 24 heavy (non-hydrogen) atoms. The molecule has 0 unspecified atom stereocenters. The van der Waals surface area contributed by atoms with Crippen LogP contribution < -0.4 is 15.6 Å². The smallest absolute Gasteiger partial charge is 0.286 e. The zero-order valence-electron chi connectivity index (χ0n) is 12.7. The lowest BCUT2D eigenvalue weighted by molar-refractivity contribution is 0.0842. The molecule has 1 heterocycles. The van der Waals surface area contributed by atoms with Gasteiger partial charge in [-0.25, -0.2) is 4.39 Å². The predicted molar refractivity (Wildman–Crippen MR) is 86.2 cm³/mol. The van der Waals surface area contributed by atoms with Crippen molar-refractivity contribution in [3.63, 3.8) is 0 Å². The summed E-state index contributed by atoms with van der Waals surface area (Å²) in [5, 5.41) is 0.821. The molecule has 3 rings (SSSR count). The third-order valence-corrected chi connectivity index (χ3v) is 3.48. The first-order valence-electron chi connectivity index (χ1n) is 7.10. The van der Waals surface area contributed by atoms with Crippen LogP contribution in [0.2, 0.25) is 0 Å². The van der Waals surface area contributed by atoms with Crippen LogP contribution in [0.25, 0.3) is 10.9 Å². The highest BCUT2D eigenvalue weighted by molar-refractivity contribution is 6.01. The van der Waals surface area contributed by atoms with Gasteiger partial charge in [-0.1, -0.05) is 12.1 Å². The van der Waals surface area contributed by atoms with Crippen molar-refractivity contribution >= 4 is 22.7 Å². The van der Waals surface area contributed by atoms with Crippen molar-refractivity contribution in [2.45, 2.75) is 0 Å². The van der Waals surface area contributed by atoms with Crippen LogP contribution in [-0.2, 0) is 0 Å². The Morgan fingerprint density at radius 2 is 1.79 bits per heavy atom. The summed E-state index contributed by atoms with van der Waals surface area (Å²) in [6.45, 7) is 0. The van der Waals surface area contributed by atoms with Crippen LogP contribution in [-0.4, -0.2) is 23.9 Å². The molecule has 0 aliphatic carbocycles. The molecule has 0 bridgehead atoms. The molecule has 7 heteroatoms. The fourth-order valence-corrected chi connectivity index (χ4v) is 2.25. The fourth-order valence-electron chi connectivity index (χ4n) is 2.25. The Balaban J connectivity index is 1.71. The average Bonchev–Trinajstić information content (AvgIpc) is 3.02. The van der Waals surface area contributed by atoms with Gasteiger partial charge < -0.3 is 9.72 Å². The lowest BCUT2D eigenvalue weighted by atomic mass is 10.2. The van der Waals surface area contributed by atoms with Crippen LogP contribution >= 0.6 is 0 Å². The number of halogens is 1. The minimum Gasteiger partial charge on any atom is -0.497 e. The average molecular weight is 327 g/mol. The van der Waals surface area contributed by atoms with E-state index in [1.54, 1.807) is 31.4 Å². The van der Waals surface area contributed by atoms with Crippen molar-refractivity contribution in [2.75, 3.05) is 7.11 Å². The molecule has 0 saturated carbocycles. The van der Waals surface area contributed by atoms with Gasteiger partial charge in [0.2, 0.25) is 0 Å². The molecule has 0 spiro atoms. The highest BCUT2D eigenvalue weighted by Gasteiger charge is 2.14. The number of H-pyrrole nitrogens is 1. The molecule has 0 aliphatic rings. The maximum atomic E-state index is 13.5. The summed E-state index contributed by atoms with van der Waals surface area (Å²) >= 11 is 0. The number of amides is 2. The number of rotatable bonds is 3. The maximum Gasteiger partial charge on any atom is 0.286 e. The Hall–Kier alpha value is -3.35. The lowest BCUT2D eigenvalue weighted by Gasteiger charge is -2.06. The van der Waals surface area contributed by atoms with Gasteiger partial charge in [0.05, 0.1) is 12.7 Å². The van der Waals surface area contributed by atoms with Gasteiger partial charge in [0.25, 0.3) is 11.8 Å². The SMILES string of the molecule is COc1ccc2cc(C(=O)NNC(=O)c3ccccc3F)[nH]c2c1. The van der Waals surface area contributed by atoms with E-state index in [-0.39, 0.29) is 11.3 Å². The van der Waals surface area contributed by atoms with Gasteiger partial charge in [-0.2, -0.15) is 0 Å². The van der Waals surface area contributed by atoms with E-state index >= 15 is 0 Å². The molecule has 122 valence electrons. The molecule has 0 saturated heterocycles. The number of carbonyl (C=O) groups excluding carboxylic acids is 2. The summed E-state index contributed by atoms with van der Waals surface area (Å²) < 4.78 is 18.6. The molecular formula is C17H14FN3O3. The van der Waals surface area contributed by atoms with Gasteiger partial charge in [0.15, 0.2) is 0 Å². The standard InChI is InChI=1S/C17H14FN3O3/c1-24-11-7-6-10-8-15(19-14(10)9-11)17(23)21-20-16(22)12-4-2-3-5-13(12)18/h2-9,19H,1H3,(H,20,22)(H,21,23). The topological polar surface area (TPSA) is 83.2 Å². The second-order valence-electron chi connectivity index (χ2n) is 5.02. The second kappa shape index (κ2) is 6.41. The quantitative estimate of drug-likeness (QED) is 0.646. The number of ether oxygens (including phenoxy) is 1. The second-order valence-corrected chi connectivity index (χ2v) is 5.02. The molecule has 3 N–H and O–H groups in total. The highest BCUT2D eigenvalue weighted by Crippen LogP contribution is 2.21. The number of hydrogen-bond donors (Lipinski definition) is 3. The van der Waals surface area contributed by atoms with Crippen LogP contribution in [0.3, 0.4) is 0 Å². The zero-order chi connectivity index (χ0) is 17.1.